The molecule has 0 radical (unpaired) electrons. The van der Waals surface area contributed by atoms with Crippen molar-refractivity contribution < 1.29 is 36.6 Å². The number of ether oxygens (including phenoxy) is 1. The number of alkyl halides is 5. The molecule has 0 atom stereocenters. The summed E-state index contributed by atoms with van der Waals surface area (Å²) in [5.41, 5.74) is -1.37. The van der Waals surface area contributed by atoms with Crippen LogP contribution >= 0.6 is 22.6 Å². The van der Waals surface area contributed by atoms with Gasteiger partial charge in [-0.1, -0.05) is 0 Å². The molecule has 1 rings (SSSR count). The fourth-order valence-electron chi connectivity index (χ4n) is 1.21. The summed E-state index contributed by atoms with van der Waals surface area (Å²) in [6, 6.07) is 0.748. The van der Waals surface area contributed by atoms with E-state index < -0.39 is 36.8 Å². The summed E-state index contributed by atoms with van der Waals surface area (Å²) >= 11 is 1.45. The summed E-state index contributed by atoms with van der Waals surface area (Å²) < 4.78 is 64.6. The fraction of sp³-hybridized carbons (Fsp3) is 0.333. The molecule has 0 aliphatic rings. The normalized spacial score (nSPS) is 11.7. The summed E-state index contributed by atoms with van der Waals surface area (Å²) in [7, 11) is 0. The van der Waals surface area contributed by atoms with E-state index in [9.17, 15) is 26.7 Å². The number of hydrogen-bond acceptors (Lipinski definition) is 3. The van der Waals surface area contributed by atoms with E-state index in [1.165, 1.54) is 22.6 Å². The highest BCUT2D eigenvalue weighted by atomic mass is 127. The molecule has 0 bridgehead atoms. The second-order valence-corrected chi connectivity index (χ2v) is 4.39. The summed E-state index contributed by atoms with van der Waals surface area (Å²) in [5.74, 6) is -2.45. The molecule has 0 saturated carbocycles. The highest BCUT2D eigenvalue weighted by molar-refractivity contribution is 14.1. The number of nitrogens with zero attached hydrogens (tertiary/aromatic N) is 1. The molecular formula is C9H5F5INO3. The first-order valence-corrected chi connectivity index (χ1v) is 5.63. The molecule has 1 heterocycles. The van der Waals surface area contributed by atoms with Gasteiger partial charge in [-0.2, -0.15) is 0 Å². The van der Waals surface area contributed by atoms with Crippen LogP contribution in [-0.2, 0) is 11.2 Å². The van der Waals surface area contributed by atoms with E-state index in [-0.39, 0.29) is 9.13 Å². The third-order valence-corrected chi connectivity index (χ3v) is 2.80. The van der Waals surface area contributed by atoms with Crippen molar-refractivity contribution in [1.29, 1.82) is 0 Å². The number of pyridine rings is 1. The maximum absolute atomic E-state index is 12.7. The molecule has 0 aliphatic carbocycles. The van der Waals surface area contributed by atoms with Gasteiger partial charge in [0, 0.05) is 15.2 Å². The average molecular weight is 397 g/mol. The Morgan fingerprint density at radius 1 is 1.47 bits per heavy atom. The van der Waals surface area contributed by atoms with E-state index in [2.05, 4.69) is 9.72 Å². The maximum Gasteiger partial charge on any atom is 0.574 e. The van der Waals surface area contributed by atoms with Crippen LogP contribution in [0.5, 0.6) is 5.88 Å². The van der Waals surface area contributed by atoms with Crippen molar-refractivity contribution in [3.05, 3.63) is 20.9 Å². The molecule has 19 heavy (non-hydrogen) atoms. The second-order valence-electron chi connectivity index (χ2n) is 3.23. The van der Waals surface area contributed by atoms with Crippen LogP contribution in [0.25, 0.3) is 0 Å². The third-order valence-electron chi connectivity index (χ3n) is 1.83. The molecule has 0 spiro atoms. The Balaban J connectivity index is 3.25. The summed E-state index contributed by atoms with van der Waals surface area (Å²) in [6.07, 6.45) is -9.04. The SMILES string of the molecule is O=C(O)Cc1c(I)cc(OC(F)(F)F)nc1C(F)F. The molecule has 4 nitrogen and oxygen atoms in total. The van der Waals surface area contributed by atoms with Crippen molar-refractivity contribution in [2.45, 2.75) is 19.2 Å². The highest BCUT2D eigenvalue weighted by Crippen LogP contribution is 2.30. The van der Waals surface area contributed by atoms with Crippen molar-refractivity contribution in [2.24, 2.45) is 0 Å². The molecule has 1 aromatic rings. The minimum absolute atomic E-state index is 0.0930. The quantitative estimate of drug-likeness (QED) is 0.627. The van der Waals surface area contributed by atoms with Gasteiger partial charge in [-0.15, -0.1) is 13.2 Å². The third kappa shape index (κ3) is 4.76. The zero-order valence-corrected chi connectivity index (χ0v) is 11.0. The van der Waals surface area contributed by atoms with Crippen LogP contribution in [0.4, 0.5) is 22.0 Å². The summed E-state index contributed by atoms with van der Waals surface area (Å²) in [4.78, 5) is 13.5. The van der Waals surface area contributed by atoms with Crippen molar-refractivity contribution in [3.63, 3.8) is 0 Å². The van der Waals surface area contributed by atoms with Gasteiger partial charge in [0.15, 0.2) is 0 Å². The number of halogens is 6. The molecule has 0 amide bonds. The Hall–Kier alpha value is -1.20. The Labute approximate surface area is 116 Å². The predicted octanol–water partition coefficient (Wildman–Crippen LogP) is 3.15. The Morgan fingerprint density at radius 2 is 2.05 bits per heavy atom. The van der Waals surface area contributed by atoms with Crippen LogP contribution in [0.2, 0.25) is 0 Å². The zero-order valence-electron chi connectivity index (χ0n) is 8.84. The lowest BCUT2D eigenvalue weighted by Crippen LogP contribution is -2.19. The van der Waals surface area contributed by atoms with E-state index in [4.69, 9.17) is 5.11 Å². The van der Waals surface area contributed by atoms with Crippen LogP contribution in [-0.4, -0.2) is 22.4 Å². The minimum atomic E-state index is -5.07. The van der Waals surface area contributed by atoms with Crippen molar-refractivity contribution >= 4 is 28.6 Å². The van der Waals surface area contributed by atoms with Crippen LogP contribution in [0, 0.1) is 3.57 Å². The minimum Gasteiger partial charge on any atom is -0.481 e. The van der Waals surface area contributed by atoms with Crippen LogP contribution in [0.1, 0.15) is 17.7 Å². The monoisotopic (exact) mass is 397 g/mol. The largest absolute Gasteiger partial charge is 0.574 e. The Kier molecular flexibility index (Phi) is 4.87. The van der Waals surface area contributed by atoms with Crippen LogP contribution < -0.4 is 4.74 Å². The molecule has 0 unspecified atom stereocenters. The van der Waals surface area contributed by atoms with Gasteiger partial charge in [0.25, 0.3) is 6.43 Å². The number of carboxylic acid groups (broad SMARTS) is 1. The van der Waals surface area contributed by atoms with E-state index in [0.29, 0.717) is 0 Å². The van der Waals surface area contributed by atoms with Gasteiger partial charge >= 0.3 is 12.3 Å². The van der Waals surface area contributed by atoms with E-state index in [1.54, 1.807) is 0 Å². The Morgan fingerprint density at radius 3 is 2.47 bits per heavy atom. The smallest absolute Gasteiger partial charge is 0.481 e. The second kappa shape index (κ2) is 5.84. The first kappa shape index (κ1) is 15.9. The van der Waals surface area contributed by atoms with Gasteiger partial charge in [-0.3, -0.25) is 4.79 Å². The van der Waals surface area contributed by atoms with Crippen LogP contribution in [0.15, 0.2) is 6.07 Å². The van der Waals surface area contributed by atoms with Gasteiger partial charge in [-0.25, -0.2) is 13.8 Å². The van der Waals surface area contributed by atoms with E-state index in [1.807, 2.05) is 0 Å². The number of aliphatic carboxylic acids is 1. The number of aromatic nitrogens is 1. The summed E-state index contributed by atoms with van der Waals surface area (Å²) in [6.45, 7) is 0. The molecule has 106 valence electrons. The van der Waals surface area contributed by atoms with E-state index >= 15 is 0 Å². The van der Waals surface area contributed by atoms with Gasteiger partial charge in [-0.05, 0) is 22.6 Å². The first-order valence-electron chi connectivity index (χ1n) is 4.55. The van der Waals surface area contributed by atoms with Gasteiger partial charge in [0.2, 0.25) is 5.88 Å². The molecular weight excluding hydrogens is 392 g/mol. The molecule has 0 aliphatic heterocycles. The molecule has 1 N–H and O–H groups in total. The molecule has 0 aromatic carbocycles. The average Bonchev–Trinajstić information content (AvgIpc) is 2.18. The van der Waals surface area contributed by atoms with Gasteiger partial charge < -0.3 is 9.84 Å². The number of carbonyl (C=O) groups is 1. The fourth-order valence-corrected chi connectivity index (χ4v) is 1.95. The number of rotatable bonds is 4. The van der Waals surface area contributed by atoms with Crippen molar-refractivity contribution in [3.8, 4) is 5.88 Å². The lowest BCUT2D eigenvalue weighted by molar-refractivity contribution is -0.276. The summed E-state index contributed by atoms with van der Waals surface area (Å²) in [5, 5.41) is 8.57. The van der Waals surface area contributed by atoms with Crippen molar-refractivity contribution in [1.82, 2.24) is 4.98 Å². The molecule has 0 saturated heterocycles. The number of hydrogen-bond donors (Lipinski definition) is 1. The molecule has 0 fully saturated rings. The molecule has 10 heteroatoms. The first-order chi connectivity index (χ1) is 8.60. The van der Waals surface area contributed by atoms with E-state index in [0.717, 1.165) is 6.07 Å². The molecule has 1 aromatic heterocycles. The predicted molar refractivity (Wildman–Crippen MR) is 59.9 cm³/mol. The maximum atomic E-state index is 12.7. The standard InChI is InChI=1S/C9H5F5INO3/c10-8(11)7-3(1-6(17)18)4(15)2-5(16-7)19-9(12,13)14/h2,8H,1H2,(H,17,18). The van der Waals surface area contributed by atoms with Crippen molar-refractivity contribution in [2.75, 3.05) is 0 Å². The van der Waals surface area contributed by atoms with Gasteiger partial charge in [0.1, 0.15) is 5.69 Å². The lowest BCUT2D eigenvalue weighted by Gasteiger charge is -2.13. The van der Waals surface area contributed by atoms with Crippen LogP contribution in [0.3, 0.4) is 0 Å². The number of carboxylic acids is 1. The Bertz CT molecular complexity index is 491. The topological polar surface area (TPSA) is 59.4 Å². The highest BCUT2D eigenvalue weighted by Gasteiger charge is 2.33. The van der Waals surface area contributed by atoms with Gasteiger partial charge in [0.05, 0.1) is 6.42 Å². The zero-order chi connectivity index (χ0) is 14.8. The lowest BCUT2D eigenvalue weighted by atomic mass is 10.1.